The molecule has 0 spiro atoms. The van der Waals surface area contributed by atoms with E-state index < -0.39 is 17.6 Å². The molecule has 2 aromatic rings. The van der Waals surface area contributed by atoms with Crippen LogP contribution in [0.4, 0.5) is 17.6 Å². The van der Waals surface area contributed by atoms with Crippen molar-refractivity contribution in [3.05, 3.63) is 58.9 Å². The molecule has 0 nitrogen and oxygen atoms in total. The minimum Gasteiger partial charge on any atom is -0.205 e. The highest BCUT2D eigenvalue weighted by molar-refractivity contribution is 6.31. The Balaban J connectivity index is 2.55. The lowest BCUT2D eigenvalue weighted by atomic mass is 10.0. The van der Waals surface area contributed by atoms with Gasteiger partial charge in [0.15, 0.2) is 0 Å². The quantitative estimate of drug-likeness (QED) is 0.630. The van der Waals surface area contributed by atoms with Crippen LogP contribution in [-0.4, -0.2) is 0 Å². The summed E-state index contributed by atoms with van der Waals surface area (Å²) in [5.74, 6) is -0.724. The number of hydrogen-bond donors (Lipinski definition) is 0. The van der Waals surface area contributed by atoms with Gasteiger partial charge in [0.05, 0.1) is 10.6 Å². The van der Waals surface area contributed by atoms with Crippen molar-refractivity contribution >= 4 is 11.6 Å². The molecule has 0 fully saturated rings. The molecule has 94 valence electrons. The molecule has 2 aromatic carbocycles. The summed E-state index contributed by atoms with van der Waals surface area (Å²) in [7, 11) is 0. The molecule has 0 atom stereocenters. The summed E-state index contributed by atoms with van der Waals surface area (Å²) in [5.41, 5.74) is -0.627. The zero-order valence-electron chi connectivity index (χ0n) is 8.93. The van der Waals surface area contributed by atoms with Crippen LogP contribution >= 0.6 is 11.6 Å². The molecule has 5 heteroatoms. The van der Waals surface area contributed by atoms with E-state index >= 15 is 0 Å². The molecule has 0 saturated carbocycles. The third-order valence-electron chi connectivity index (χ3n) is 2.45. The zero-order chi connectivity index (χ0) is 13.3. The molecule has 0 amide bonds. The van der Waals surface area contributed by atoms with Crippen molar-refractivity contribution in [1.29, 1.82) is 0 Å². The summed E-state index contributed by atoms with van der Waals surface area (Å²) in [4.78, 5) is 0. The normalized spacial score (nSPS) is 11.6. The van der Waals surface area contributed by atoms with Gasteiger partial charge >= 0.3 is 6.18 Å². The van der Waals surface area contributed by atoms with Crippen LogP contribution in [0.5, 0.6) is 0 Å². The monoisotopic (exact) mass is 274 g/mol. The van der Waals surface area contributed by atoms with Crippen LogP contribution in [0.25, 0.3) is 11.1 Å². The predicted octanol–water partition coefficient (Wildman–Crippen LogP) is 5.16. The average molecular weight is 275 g/mol. The largest absolute Gasteiger partial charge is 0.416 e. The van der Waals surface area contributed by atoms with Gasteiger partial charge in [-0.05, 0) is 23.8 Å². The van der Waals surface area contributed by atoms with Gasteiger partial charge in [0.2, 0.25) is 0 Å². The molecule has 0 unspecified atom stereocenters. The average Bonchev–Trinajstić information content (AvgIpc) is 2.32. The van der Waals surface area contributed by atoms with Gasteiger partial charge in [-0.1, -0.05) is 35.9 Å². The fraction of sp³-hybridized carbons (Fsp3) is 0.0769. The van der Waals surface area contributed by atoms with Crippen molar-refractivity contribution in [2.24, 2.45) is 0 Å². The van der Waals surface area contributed by atoms with Gasteiger partial charge in [-0.3, -0.25) is 0 Å². The molecule has 0 aliphatic heterocycles. The second kappa shape index (κ2) is 4.61. The van der Waals surface area contributed by atoms with Gasteiger partial charge in [-0.25, -0.2) is 4.39 Å². The van der Waals surface area contributed by atoms with E-state index in [4.69, 9.17) is 11.6 Å². The Morgan fingerprint density at radius 3 is 2.28 bits per heavy atom. The molecule has 0 aliphatic carbocycles. The van der Waals surface area contributed by atoms with Crippen molar-refractivity contribution in [3.63, 3.8) is 0 Å². The van der Waals surface area contributed by atoms with Crippen molar-refractivity contribution in [1.82, 2.24) is 0 Å². The Labute approximate surface area is 106 Å². The summed E-state index contributed by atoms with van der Waals surface area (Å²) >= 11 is 5.60. The maximum absolute atomic E-state index is 13.7. The highest BCUT2D eigenvalue weighted by Crippen LogP contribution is 2.33. The Bertz CT molecular complexity index is 575. The molecule has 0 heterocycles. The molecule has 0 N–H and O–H groups in total. The maximum Gasteiger partial charge on any atom is 0.416 e. The minimum absolute atomic E-state index is 0.0496. The molecule has 0 aromatic heterocycles. The Hall–Kier alpha value is -1.55. The van der Waals surface area contributed by atoms with Gasteiger partial charge in [-0.2, -0.15) is 13.2 Å². The van der Waals surface area contributed by atoms with E-state index in [-0.39, 0.29) is 16.1 Å². The number of rotatable bonds is 1. The van der Waals surface area contributed by atoms with Crippen LogP contribution in [0.3, 0.4) is 0 Å². The molecule has 0 bridgehead atoms. The Kier molecular flexibility index (Phi) is 3.30. The molecular formula is C13H7ClF4. The molecule has 0 radical (unpaired) electrons. The van der Waals surface area contributed by atoms with Crippen molar-refractivity contribution < 1.29 is 17.6 Å². The van der Waals surface area contributed by atoms with E-state index in [1.807, 2.05) is 0 Å². The number of alkyl halides is 3. The first-order valence-electron chi connectivity index (χ1n) is 5.01. The molecular weight excluding hydrogens is 268 g/mol. The molecule has 0 saturated heterocycles. The Morgan fingerprint density at radius 2 is 1.61 bits per heavy atom. The van der Waals surface area contributed by atoms with Crippen LogP contribution in [0.1, 0.15) is 5.56 Å². The number of halogens is 5. The fourth-order valence-electron chi connectivity index (χ4n) is 1.59. The fourth-order valence-corrected chi connectivity index (χ4v) is 1.76. The predicted molar refractivity (Wildman–Crippen MR) is 61.8 cm³/mol. The highest BCUT2D eigenvalue weighted by atomic mass is 35.5. The first-order valence-corrected chi connectivity index (χ1v) is 5.39. The van der Waals surface area contributed by atoms with Gasteiger partial charge in [-0.15, -0.1) is 0 Å². The standard InChI is InChI=1S/C13H7ClF4/c14-11-6-2-5-10(12(11)15)8-3-1-4-9(7-8)13(16,17)18/h1-7H. The summed E-state index contributed by atoms with van der Waals surface area (Å²) < 4.78 is 51.3. The summed E-state index contributed by atoms with van der Waals surface area (Å²) in [6.45, 7) is 0. The van der Waals surface area contributed by atoms with Crippen LogP contribution in [-0.2, 0) is 6.18 Å². The minimum atomic E-state index is -4.45. The van der Waals surface area contributed by atoms with E-state index in [0.717, 1.165) is 12.1 Å². The lowest BCUT2D eigenvalue weighted by Gasteiger charge is -2.09. The second-order valence-corrected chi connectivity index (χ2v) is 4.09. The van der Waals surface area contributed by atoms with Crippen molar-refractivity contribution in [2.75, 3.05) is 0 Å². The van der Waals surface area contributed by atoms with Gasteiger partial charge in [0.1, 0.15) is 5.82 Å². The van der Waals surface area contributed by atoms with E-state index in [9.17, 15) is 17.6 Å². The van der Waals surface area contributed by atoms with Crippen LogP contribution in [0, 0.1) is 5.82 Å². The van der Waals surface area contributed by atoms with Gasteiger partial charge in [0, 0.05) is 5.56 Å². The van der Waals surface area contributed by atoms with E-state index in [1.54, 1.807) is 0 Å². The summed E-state index contributed by atoms with van der Waals surface area (Å²) in [6, 6.07) is 8.69. The highest BCUT2D eigenvalue weighted by Gasteiger charge is 2.30. The van der Waals surface area contributed by atoms with E-state index in [0.29, 0.717) is 0 Å². The zero-order valence-corrected chi connectivity index (χ0v) is 9.69. The second-order valence-electron chi connectivity index (χ2n) is 3.68. The first kappa shape index (κ1) is 12.9. The third kappa shape index (κ3) is 2.48. The molecule has 2 rings (SSSR count). The Morgan fingerprint density at radius 1 is 0.944 bits per heavy atom. The van der Waals surface area contributed by atoms with Crippen LogP contribution in [0.2, 0.25) is 5.02 Å². The smallest absolute Gasteiger partial charge is 0.205 e. The van der Waals surface area contributed by atoms with Crippen LogP contribution < -0.4 is 0 Å². The van der Waals surface area contributed by atoms with Crippen molar-refractivity contribution in [2.45, 2.75) is 6.18 Å². The molecule has 18 heavy (non-hydrogen) atoms. The van der Waals surface area contributed by atoms with Gasteiger partial charge in [0.25, 0.3) is 0 Å². The van der Waals surface area contributed by atoms with E-state index in [1.165, 1.54) is 30.3 Å². The third-order valence-corrected chi connectivity index (χ3v) is 2.74. The lowest BCUT2D eigenvalue weighted by molar-refractivity contribution is -0.137. The SMILES string of the molecule is Fc1c(Cl)cccc1-c1cccc(C(F)(F)F)c1. The summed E-state index contributed by atoms with van der Waals surface area (Å²) in [5, 5.41) is -0.120. The first-order chi connectivity index (χ1) is 8.39. The topological polar surface area (TPSA) is 0 Å². The van der Waals surface area contributed by atoms with Gasteiger partial charge < -0.3 is 0 Å². The molecule has 0 aliphatic rings. The van der Waals surface area contributed by atoms with Crippen molar-refractivity contribution in [3.8, 4) is 11.1 Å². The van der Waals surface area contributed by atoms with E-state index in [2.05, 4.69) is 0 Å². The lowest BCUT2D eigenvalue weighted by Crippen LogP contribution is -2.04. The number of benzene rings is 2. The number of hydrogen-bond acceptors (Lipinski definition) is 0. The maximum atomic E-state index is 13.7. The summed E-state index contributed by atoms with van der Waals surface area (Å²) in [6.07, 6.45) is -4.45. The van der Waals surface area contributed by atoms with Crippen LogP contribution in [0.15, 0.2) is 42.5 Å².